The predicted octanol–water partition coefficient (Wildman–Crippen LogP) is 2.16. The molecule has 25 heavy (non-hydrogen) atoms. The fourth-order valence-electron chi connectivity index (χ4n) is 2.32. The van der Waals surface area contributed by atoms with Crippen LogP contribution in [0.4, 0.5) is 0 Å². The maximum absolute atomic E-state index is 12.3. The molecule has 0 aliphatic heterocycles. The molecule has 0 saturated heterocycles. The average Bonchev–Trinajstić information content (AvgIpc) is 2.99. The van der Waals surface area contributed by atoms with Crippen LogP contribution in [0.2, 0.25) is 0 Å². The lowest BCUT2D eigenvalue weighted by molar-refractivity contribution is -0.133. The Labute approximate surface area is 146 Å². The first-order valence-electron chi connectivity index (χ1n) is 7.99. The second-order valence-electron chi connectivity index (χ2n) is 5.68. The van der Waals surface area contributed by atoms with Gasteiger partial charge in [0, 0.05) is 19.3 Å². The van der Waals surface area contributed by atoms with E-state index in [1.165, 1.54) is 6.20 Å². The summed E-state index contributed by atoms with van der Waals surface area (Å²) in [5.74, 6) is -0.234. The molecule has 7 heteroatoms. The van der Waals surface area contributed by atoms with Crippen molar-refractivity contribution in [3.63, 3.8) is 0 Å². The Morgan fingerprint density at radius 2 is 2.12 bits per heavy atom. The zero-order chi connectivity index (χ0) is 18.4. The van der Waals surface area contributed by atoms with Gasteiger partial charge < -0.3 is 9.64 Å². The lowest BCUT2D eigenvalue weighted by Crippen LogP contribution is -2.35. The molecule has 7 nitrogen and oxygen atoms in total. The van der Waals surface area contributed by atoms with Crippen molar-refractivity contribution in [2.75, 3.05) is 19.7 Å². The van der Waals surface area contributed by atoms with Crippen molar-refractivity contribution in [1.82, 2.24) is 19.7 Å². The standard InChI is InChI=1S/C18H22N4O3/c1-5-21(11-13(2)3)17(23)12-25-18(24)15-10-20-22(14(15)4)16-8-6-7-9-19-16/h6-10H,2,5,11-12H2,1,3-4H3. The van der Waals surface area contributed by atoms with Gasteiger partial charge in [0.15, 0.2) is 12.4 Å². The monoisotopic (exact) mass is 342 g/mol. The minimum absolute atomic E-state index is 0.256. The van der Waals surface area contributed by atoms with Gasteiger partial charge in [-0.3, -0.25) is 4.79 Å². The third-order valence-corrected chi connectivity index (χ3v) is 3.62. The van der Waals surface area contributed by atoms with Crippen molar-refractivity contribution in [3.8, 4) is 5.82 Å². The number of esters is 1. The molecule has 0 radical (unpaired) electrons. The maximum Gasteiger partial charge on any atom is 0.342 e. The smallest absolute Gasteiger partial charge is 0.342 e. The van der Waals surface area contributed by atoms with E-state index in [-0.39, 0.29) is 12.5 Å². The van der Waals surface area contributed by atoms with Gasteiger partial charge in [-0.25, -0.2) is 14.5 Å². The molecule has 2 heterocycles. The van der Waals surface area contributed by atoms with Crippen molar-refractivity contribution in [3.05, 3.63) is 54.0 Å². The summed E-state index contributed by atoms with van der Waals surface area (Å²) in [5.41, 5.74) is 1.78. The minimum atomic E-state index is -0.584. The Bertz CT molecular complexity index is 768. The van der Waals surface area contributed by atoms with E-state index in [9.17, 15) is 9.59 Å². The number of carbonyl (C=O) groups is 2. The highest BCUT2D eigenvalue weighted by molar-refractivity contribution is 5.92. The zero-order valence-electron chi connectivity index (χ0n) is 14.7. The molecule has 2 aromatic heterocycles. The summed E-state index contributed by atoms with van der Waals surface area (Å²) >= 11 is 0. The lowest BCUT2D eigenvalue weighted by atomic mass is 10.2. The van der Waals surface area contributed by atoms with E-state index in [1.807, 2.05) is 19.9 Å². The van der Waals surface area contributed by atoms with Crippen LogP contribution in [0.15, 0.2) is 42.7 Å². The molecule has 0 atom stereocenters. The minimum Gasteiger partial charge on any atom is -0.452 e. The molecular formula is C18H22N4O3. The molecule has 0 bridgehead atoms. The Morgan fingerprint density at radius 1 is 1.36 bits per heavy atom. The molecule has 0 spiro atoms. The highest BCUT2D eigenvalue weighted by Crippen LogP contribution is 2.13. The normalized spacial score (nSPS) is 10.4. The summed E-state index contributed by atoms with van der Waals surface area (Å²) in [6.07, 6.45) is 3.07. The summed E-state index contributed by atoms with van der Waals surface area (Å²) in [7, 11) is 0. The number of ether oxygens (including phenoxy) is 1. The van der Waals surface area contributed by atoms with Crippen LogP contribution in [0.1, 0.15) is 29.9 Å². The van der Waals surface area contributed by atoms with Gasteiger partial charge in [-0.2, -0.15) is 5.10 Å². The predicted molar refractivity (Wildman–Crippen MR) is 93.4 cm³/mol. The number of carbonyl (C=O) groups excluding carboxylic acids is 2. The zero-order valence-corrected chi connectivity index (χ0v) is 14.7. The third kappa shape index (κ3) is 4.53. The van der Waals surface area contributed by atoms with Crippen LogP contribution in [0.5, 0.6) is 0 Å². The van der Waals surface area contributed by atoms with E-state index in [4.69, 9.17) is 4.74 Å². The molecule has 1 amide bonds. The van der Waals surface area contributed by atoms with Gasteiger partial charge in [0.05, 0.1) is 11.9 Å². The van der Waals surface area contributed by atoms with E-state index >= 15 is 0 Å². The van der Waals surface area contributed by atoms with Crippen molar-refractivity contribution < 1.29 is 14.3 Å². The quantitative estimate of drug-likeness (QED) is 0.569. The van der Waals surface area contributed by atoms with Gasteiger partial charge in [-0.05, 0) is 32.9 Å². The summed E-state index contributed by atoms with van der Waals surface area (Å²) in [4.78, 5) is 30.2. The van der Waals surface area contributed by atoms with Crippen LogP contribution >= 0.6 is 0 Å². The highest BCUT2D eigenvalue weighted by Gasteiger charge is 2.19. The van der Waals surface area contributed by atoms with E-state index in [2.05, 4.69) is 16.7 Å². The van der Waals surface area contributed by atoms with E-state index in [1.54, 1.807) is 34.8 Å². The number of hydrogen-bond donors (Lipinski definition) is 0. The number of nitrogens with zero attached hydrogens (tertiary/aromatic N) is 4. The molecule has 2 rings (SSSR count). The maximum atomic E-state index is 12.3. The first-order chi connectivity index (χ1) is 11.9. The van der Waals surface area contributed by atoms with Crippen molar-refractivity contribution in [1.29, 1.82) is 0 Å². The largest absolute Gasteiger partial charge is 0.452 e. The molecule has 132 valence electrons. The van der Waals surface area contributed by atoms with Crippen molar-refractivity contribution in [2.24, 2.45) is 0 Å². The number of likely N-dealkylation sites (N-methyl/N-ethyl adjacent to an activating group) is 1. The van der Waals surface area contributed by atoms with Gasteiger partial charge in [-0.1, -0.05) is 18.2 Å². The fourth-order valence-corrected chi connectivity index (χ4v) is 2.32. The number of aromatic nitrogens is 3. The summed E-state index contributed by atoms with van der Waals surface area (Å²) in [6, 6.07) is 5.42. The van der Waals surface area contributed by atoms with Crippen molar-refractivity contribution >= 4 is 11.9 Å². The van der Waals surface area contributed by atoms with Crippen LogP contribution in [-0.4, -0.2) is 51.2 Å². The van der Waals surface area contributed by atoms with E-state index in [0.29, 0.717) is 30.2 Å². The van der Waals surface area contributed by atoms with Gasteiger partial charge in [0.25, 0.3) is 5.91 Å². The number of amides is 1. The second kappa shape index (κ2) is 8.23. The second-order valence-corrected chi connectivity index (χ2v) is 5.68. The lowest BCUT2D eigenvalue weighted by Gasteiger charge is -2.20. The Hall–Kier alpha value is -2.96. The molecule has 0 aliphatic carbocycles. The van der Waals surface area contributed by atoms with Crippen molar-refractivity contribution in [2.45, 2.75) is 20.8 Å². The molecule has 0 saturated carbocycles. The molecule has 2 aromatic rings. The Balaban J connectivity index is 2.03. The molecule has 0 unspecified atom stereocenters. The van der Waals surface area contributed by atoms with Crippen LogP contribution < -0.4 is 0 Å². The number of pyridine rings is 1. The molecule has 0 N–H and O–H groups in total. The van der Waals surface area contributed by atoms with Crippen LogP contribution in [0.3, 0.4) is 0 Å². The molecule has 0 fully saturated rings. The Kier molecular flexibility index (Phi) is 6.05. The van der Waals surface area contributed by atoms with Crippen LogP contribution in [0, 0.1) is 6.92 Å². The van der Waals surface area contributed by atoms with Gasteiger partial charge in [0.1, 0.15) is 5.56 Å². The fraction of sp³-hybridized carbons (Fsp3) is 0.333. The summed E-state index contributed by atoms with van der Waals surface area (Å²) < 4.78 is 6.70. The Morgan fingerprint density at radius 3 is 2.72 bits per heavy atom. The van der Waals surface area contributed by atoms with Gasteiger partial charge in [0.2, 0.25) is 0 Å². The average molecular weight is 342 g/mol. The van der Waals surface area contributed by atoms with Crippen LogP contribution in [-0.2, 0) is 9.53 Å². The van der Waals surface area contributed by atoms with Gasteiger partial charge in [-0.15, -0.1) is 0 Å². The molecule has 0 aliphatic rings. The van der Waals surface area contributed by atoms with E-state index in [0.717, 1.165) is 5.57 Å². The highest BCUT2D eigenvalue weighted by atomic mass is 16.5. The van der Waals surface area contributed by atoms with Crippen LogP contribution in [0.25, 0.3) is 5.82 Å². The first kappa shape index (κ1) is 18.4. The SMILES string of the molecule is C=C(C)CN(CC)C(=O)COC(=O)c1cnn(-c2ccccn2)c1C. The number of hydrogen-bond acceptors (Lipinski definition) is 5. The third-order valence-electron chi connectivity index (χ3n) is 3.62. The van der Waals surface area contributed by atoms with E-state index < -0.39 is 5.97 Å². The first-order valence-corrected chi connectivity index (χ1v) is 7.99. The van der Waals surface area contributed by atoms with Gasteiger partial charge >= 0.3 is 5.97 Å². The summed E-state index contributed by atoms with van der Waals surface area (Å²) in [6.45, 7) is 9.92. The topological polar surface area (TPSA) is 77.3 Å². The molecular weight excluding hydrogens is 320 g/mol. The molecule has 0 aromatic carbocycles. The number of rotatable bonds is 7. The summed E-state index contributed by atoms with van der Waals surface area (Å²) in [5, 5.41) is 4.17.